The van der Waals surface area contributed by atoms with Crippen LogP contribution >= 0.6 is 41.9 Å². The molecule has 0 amide bonds. The average Bonchev–Trinajstić information content (AvgIpc) is 2.91. The average molecular weight is 425 g/mol. The highest BCUT2D eigenvalue weighted by molar-refractivity contribution is 14.2. The number of esters is 1. The predicted molar refractivity (Wildman–Crippen MR) is 88.4 cm³/mol. The van der Waals surface area contributed by atoms with Crippen LogP contribution < -0.4 is 5.32 Å². The summed E-state index contributed by atoms with van der Waals surface area (Å²) in [4.78, 5) is 20.0. The van der Waals surface area contributed by atoms with Crippen LogP contribution in [0.2, 0.25) is 5.02 Å². The summed E-state index contributed by atoms with van der Waals surface area (Å²) in [6, 6.07) is 1.69. The van der Waals surface area contributed by atoms with E-state index >= 15 is 0 Å². The van der Waals surface area contributed by atoms with Crippen molar-refractivity contribution in [2.24, 2.45) is 0 Å². The van der Waals surface area contributed by atoms with Crippen LogP contribution in [0, 0.1) is 0 Å². The number of rotatable bonds is 4. The molecule has 6 nitrogen and oxygen atoms in total. The molecular formula is C11H10ClIN4O2S. The van der Waals surface area contributed by atoms with Crippen LogP contribution in [-0.2, 0) is 4.74 Å². The van der Waals surface area contributed by atoms with E-state index in [9.17, 15) is 4.79 Å². The molecule has 20 heavy (non-hydrogen) atoms. The van der Waals surface area contributed by atoms with Gasteiger partial charge in [0, 0.05) is 49.1 Å². The number of ether oxygens (including phenoxy) is 1. The third-order valence-corrected chi connectivity index (χ3v) is 4.50. The Morgan fingerprint density at radius 1 is 1.60 bits per heavy atom. The molecule has 0 aliphatic heterocycles. The highest BCUT2D eigenvalue weighted by atomic mass is 127. The maximum Gasteiger partial charge on any atom is 0.355 e. The zero-order chi connectivity index (χ0) is 14.7. The van der Waals surface area contributed by atoms with Crippen LogP contribution in [0.15, 0.2) is 18.5 Å². The summed E-state index contributed by atoms with van der Waals surface area (Å²) < 4.78 is 6.44. The van der Waals surface area contributed by atoms with Crippen molar-refractivity contribution in [1.82, 2.24) is 13.9 Å². The Labute approximate surface area is 137 Å². The van der Waals surface area contributed by atoms with E-state index in [1.54, 1.807) is 23.3 Å². The van der Waals surface area contributed by atoms with E-state index in [4.69, 9.17) is 16.3 Å². The number of aromatic nitrogens is 3. The number of halogens is 2. The number of hydrogen-bond donors (Lipinski definition) is 1. The van der Waals surface area contributed by atoms with Crippen molar-refractivity contribution in [3.63, 3.8) is 0 Å². The lowest BCUT2D eigenvalue weighted by Crippen LogP contribution is -2.04. The number of carbonyl (C=O) groups excluding carboxylic acids is 1. The molecule has 0 aliphatic carbocycles. The Kier molecular flexibility index (Phi) is 5.11. The fraction of sp³-hybridized carbons (Fsp3) is 0.182. The molecule has 2 aromatic heterocycles. The minimum atomic E-state index is -0.417. The lowest BCUT2D eigenvalue weighted by Gasteiger charge is -2.03. The molecule has 0 aliphatic rings. The Hall–Kier alpha value is -1.00. The zero-order valence-electron chi connectivity index (χ0n) is 10.6. The monoisotopic (exact) mass is 424 g/mol. The Morgan fingerprint density at radius 3 is 2.95 bits per heavy atom. The van der Waals surface area contributed by atoms with Gasteiger partial charge in [-0.2, -0.15) is 0 Å². The van der Waals surface area contributed by atoms with Crippen LogP contribution in [0.4, 0.5) is 5.95 Å². The first-order valence-corrected chi connectivity index (χ1v) is 9.10. The maximum absolute atomic E-state index is 11.7. The smallest absolute Gasteiger partial charge is 0.355 e. The summed E-state index contributed by atoms with van der Waals surface area (Å²) in [5.41, 5.74) is 1.70. The molecular weight excluding hydrogens is 415 g/mol. The molecule has 9 heteroatoms. The number of nitrogens with one attached hydrogen (secondary N) is 1. The van der Waals surface area contributed by atoms with Crippen LogP contribution in [0.1, 0.15) is 10.5 Å². The topological polar surface area (TPSA) is 69.0 Å². The van der Waals surface area contributed by atoms with Crippen molar-refractivity contribution in [3.05, 3.63) is 29.2 Å². The quantitative estimate of drug-likeness (QED) is 0.600. The zero-order valence-corrected chi connectivity index (χ0v) is 14.3. The molecule has 0 aromatic carbocycles. The van der Waals surface area contributed by atoms with Gasteiger partial charge in [0.2, 0.25) is 5.95 Å². The van der Waals surface area contributed by atoms with Crippen molar-refractivity contribution < 1.29 is 9.53 Å². The lowest BCUT2D eigenvalue weighted by atomic mass is 10.2. The number of nitrogens with zero attached hydrogens (tertiary/aromatic N) is 3. The molecule has 2 rings (SSSR count). The molecule has 0 saturated heterocycles. The predicted octanol–water partition coefficient (Wildman–Crippen LogP) is 3.27. The normalized spacial score (nSPS) is 10.4. The summed E-state index contributed by atoms with van der Waals surface area (Å²) >= 11 is 8.20. The molecule has 2 heterocycles. The second-order valence-corrected chi connectivity index (χ2v) is 5.76. The van der Waals surface area contributed by atoms with Gasteiger partial charge in [0.1, 0.15) is 5.69 Å². The molecule has 0 spiro atoms. The highest BCUT2D eigenvalue weighted by Crippen LogP contribution is 2.31. The second kappa shape index (κ2) is 6.64. The highest BCUT2D eigenvalue weighted by Gasteiger charge is 2.17. The van der Waals surface area contributed by atoms with Crippen molar-refractivity contribution in [1.29, 1.82) is 0 Å². The number of carbonyl (C=O) groups is 1. The van der Waals surface area contributed by atoms with Gasteiger partial charge in [0.25, 0.3) is 0 Å². The molecule has 0 unspecified atom stereocenters. The first-order valence-electron chi connectivity index (χ1n) is 5.41. The molecule has 1 N–H and O–H groups in total. The lowest BCUT2D eigenvalue weighted by molar-refractivity contribution is 0.0593. The number of hydrogen-bond acceptors (Lipinski definition) is 6. The summed E-state index contributed by atoms with van der Waals surface area (Å²) in [5.74, 6) is 0.0401. The van der Waals surface area contributed by atoms with E-state index in [-0.39, 0.29) is 0 Å². The number of methoxy groups -OCH3 is 1. The van der Waals surface area contributed by atoms with Gasteiger partial charge in [0.15, 0.2) is 0 Å². The molecule has 106 valence electrons. The van der Waals surface area contributed by atoms with Crippen LogP contribution in [0.3, 0.4) is 0 Å². The van der Waals surface area contributed by atoms with Crippen LogP contribution in [-0.4, -0.2) is 34.1 Å². The largest absolute Gasteiger partial charge is 0.464 e. The van der Waals surface area contributed by atoms with Gasteiger partial charge in [0.05, 0.1) is 24.0 Å². The van der Waals surface area contributed by atoms with Gasteiger partial charge >= 0.3 is 5.97 Å². The van der Waals surface area contributed by atoms with E-state index in [0.29, 0.717) is 22.4 Å². The van der Waals surface area contributed by atoms with E-state index in [0.717, 1.165) is 5.56 Å². The Balaban J connectivity index is 2.53. The molecule has 0 atom stereocenters. The van der Waals surface area contributed by atoms with Crippen molar-refractivity contribution in [3.8, 4) is 11.3 Å². The summed E-state index contributed by atoms with van der Waals surface area (Å²) in [6.07, 6.45) is 3.29. The molecule has 0 fully saturated rings. The van der Waals surface area contributed by atoms with Crippen molar-refractivity contribution in [2.75, 3.05) is 19.5 Å². The van der Waals surface area contributed by atoms with Crippen molar-refractivity contribution in [2.45, 2.75) is 0 Å². The number of anilines is 1. The second-order valence-electron chi connectivity index (χ2n) is 3.64. The minimum Gasteiger partial charge on any atom is -0.464 e. The third kappa shape index (κ3) is 3.01. The van der Waals surface area contributed by atoms with E-state index in [1.807, 2.05) is 0 Å². The summed E-state index contributed by atoms with van der Waals surface area (Å²) in [7, 11) is 4.42. The molecule has 0 bridgehead atoms. The van der Waals surface area contributed by atoms with Gasteiger partial charge in [-0.15, -0.1) is 0 Å². The standard InChI is InChI=1S/C11H10ClIN4O2S/c1-14-11-15-4-7(12)9(16-11)6-3-8(10(18)19-2)17(5-6)20-13/h3-5H,1-2H3,(H,14,15,16). The van der Waals surface area contributed by atoms with E-state index in [2.05, 4.69) is 36.5 Å². The SMILES string of the molecule is CNc1ncc(Cl)c(-c2cc(C(=O)OC)n(SI)c2)n1. The first kappa shape index (κ1) is 15.4. The van der Waals surface area contributed by atoms with Gasteiger partial charge in [-0.1, -0.05) is 11.6 Å². The Bertz CT molecular complexity index is 649. The van der Waals surface area contributed by atoms with E-state index in [1.165, 1.54) is 22.4 Å². The minimum absolute atomic E-state index is 0.413. The molecule has 0 radical (unpaired) electrons. The van der Waals surface area contributed by atoms with Gasteiger partial charge in [-0.25, -0.2) is 14.8 Å². The summed E-state index contributed by atoms with van der Waals surface area (Å²) in [6.45, 7) is 0. The Morgan fingerprint density at radius 2 is 2.35 bits per heavy atom. The fourth-order valence-electron chi connectivity index (χ4n) is 1.57. The van der Waals surface area contributed by atoms with E-state index < -0.39 is 5.97 Å². The van der Waals surface area contributed by atoms with Gasteiger partial charge < -0.3 is 10.1 Å². The molecule has 2 aromatic rings. The molecule has 0 saturated carbocycles. The fourth-order valence-corrected chi connectivity index (χ4v) is 3.11. The summed E-state index contributed by atoms with van der Waals surface area (Å²) in [5, 5.41) is 3.26. The van der Waals surface area contributed by atoms with Crippen LogP contribution in [0.5, 0.6) is 0 Å². The first-order chi connectivity index (χ1) is 9.60. The third-order valence-electron chi connectivity index (χ3n) is 2.50. The van der Waals surface area contributed by atoms with Gasteiger partial charge in [-0.05, 0) is 6.07 Å². The van der Waals surface area contributed by atoms with Crippen LogP contribution in [0.25, 0.3) is 11.3 Å². The van der Waals surface area contributed by atoms with Crippen molar-refractivity contribution >= 4 is 53.8 Å². The van der Waals surface area contributed by atoms with Gasteiger partial charge in [-0.3, -0.25) is 3.97 Å². The maximum atomic E-state index is 11.7.